The van der Waals surface area contributed by atoms with Crippen LogP contribution in [0.5, 0.6) is 0 Å². The monoisotopic (exact) mass is 445 g/mol. The molecule has 0 amide bonds. The fourth-order valence-electron chi connectivity index (χ4n) is 2.84. The van der Waals surface area contributed by atoms with E-state index in [1.54, 1.807) is 0 Å². The van der Waals surface area contributed by atoms with Crippen molar-refractivity contribution in [3.8, 4) is 0 Å². The van der Waals surface area contributed by atoms with Crippen LogP contribution in [-0.4, -0.2) is 42.2 Å². The van der Waals surface area contributed by atoms with Crippen LogP contribution in [0.4, 0.5) is 0 Å². The topological polar surface area (TPSA) is 54.2 Å². The smallest absolute Gasteiger partial charge is 0.311 e. The van der Waals surface area contributed by atoms with Crippen LogP contribution in [0.3, 0.4) is 0 Å². The molecule has 1 aromatic heterocycles. The minimum absolute atomic E-state index is 0. The Morgan fingerprint density at radius 2 is 1.70 bits per heavy atom. The van der Waals surface area contributed by atoms with Crippen LogP contribution >= 0.6 is 0 Å². The van der Waals surface area contributed by atoms with Gasteiger partial charge in [-0.3, -0.25) is 9.67 Å². The molecule has 0 unspecified atom stereocenters. The molecular formula is C24H48KN5. The summed E-state index contributed by atoms with van der Waals surface area (Å²) in [5, 5.41) is 11.0. The Kier molecular flexibility index (Phi) is 27.4. The molecule has 2 aliphatic rings. The summed E-state index contributed by atoms with van der Waals surface area (Å²) in [7, 11) is 1.87. The van der Waals surface area contributed by atoms with Crippen LogP contribution in [0, 0.1) is 6.42 Å². The molecule has 0 saturated heterocycles. The fraction of sp³-hybridized carbons (Fsp3) is 0.708. The number of hydrogen-bond acceptors (Lipinski definition) is 4. The van der Waals surface area contributed by atoms with E-state index < -0.39 is 0 Å². The molecule has 2 aliphatic heterocycles. The molecule has 0 atom stereocenters. The maximum atomic E-state index is 4.39. The van der Waals surface area contributed by atoms with Crippen molar-refractivity contribution in [2.75, 3.05) is 26.7 Å². The second kappa shape index (κ2) is 23.7. The molecule has 0 aromatic carbocycles. The van der Waals surface area contributed by atoms with Gasteiger partial charge in [0.1, 0.15) is 0 Å². The van der Waals surface area contributed by atoms with Gasteiger partial charge in [-0.25, -0.2) is 11.5 Å². The van der Waals surface area contributed by atoms with Gasteiger partial charge >= 0.3 is 51.4 Å². The summed E-state index contributed by atoms with van der Waals surface area (Å²) in [6, 6.07) is 2.13. The van der Waals surface area contributed by atoms with E-state index in [-0.39, 0.29) is 51.4 Å². The number of nitrogens with one attached hydrogen (secondary N) is 2. The van der Waals surface area contributed by atoms with Crippen LogP contribution in [0.25, 0.3) is 0 Å². The van der Waals surface area contributed by atoms with Crippen LogP contribution in [-0.2, 0) is 13.1 Å². The van der Waals surface area contributed by atoms with Crippen molar-refractivity contribution in [1.29, 1.82) is 0 Å². The first-order valence-electron chi connectivity index (χ1n) is 11.5. The molecule has 0 radical (unpaired) electrons. The van der Waals surface area contributed by atoms with E-state index >= 15 is 0 Å². The summed E-state index contributed by atoms with van der Waals surface area (Å²) in [5.74, 6) is 0. The van der Waals surface area contributed by atoms with Crippen LogP contribution in [0.2, 0.25) is 0 Å². The van der Waals surface area contributed by atoms with Gasteiger partial charge in [0.05, 0.1) is 6.54 Å². The first-order valence-corrected chi connectivity index (χ1v) is 11.5. The quantitative estimate of drug-likeness (QED) is 0.427. The van der Waals surface area contributed by atoms with Crippen molar-refractivity contribution < 1.29 is 51.4 Å². The normalized spacial score (nSPS) is 14.1. The Bertz CT molecular complexity index is 553. The van der Waals surface area contributed by atoms with Gasteiger partial charge in [0.2, 0.25) is 0 Å². The predicted octanol–water partition coefficient (Wildman–Crippen LogP) is 2.42. The average Bonchev–Trinajstić information content (AvgIpc) is 3.39. The Morgan fingerprint density at radius 3 is 2.10 bits per heavy atom. The molecule has 5 nitrogen and oxygen atoms in total. The summed E-state index contributed by atoms with van der Waals surface area (Å²) in [6.45, 7) is 23.6. The molecule has 0 saturated carbocycles. The first kappa shape index (κ1) is 34.7. The number of aromatic nitrogens is 2. The molecule has 3 rings (SSSR count). The van der Waals surface area contributed by atoms with E-state index in [9.17, 15) is 0 Å². The Balaban J connectivity index is -0.000000366. The molecule has 1 aromatic rings. The number of fused-ring (bicyclic) bond motifs is 1. The summed E-state index contributed by atoms with van der Waals surface area (Å²) in [5.41, 5.74) is 6.52. The molecule has 0 fully saturated rings. The van der Waals surface area contributed by atoms with Crippen molar-refractivity contribution in [1.82, 2.24) is 20.4 Å². The Labute approximate surface area is 230 Å². The molecule has 30 heavy (non-hydrogen) atoms. The van der Waals surface area contributed by atoms with Gasteiger partial charge in [-0.2, -0.15) is 6.07 Å². The largest absolute Gasteiger partial charge is 1.00 e. The summed E-state index contributed by atoms with van der Waals surface area (Å²) in [6.07, 6.45) is 4.33. The maximum absolute atomic E-state index is 4.39. The van der Waals surface area contributed by atoms with E-state index in [2.05, 4.69) is 59.2 Å². The second-order valence-electron chi connectivity index (χ2n) is 6.34. The zero-order valence-electron chi connectivity index (χ0n) is 21.9. The molecule has 3 heterocycles. The second-order valence-corrected chi connectivity index (χ2v) is 6.34. The van der Waals surface area contributed by atoms with Gasteiger partial charge in [0.15, 0.2) is 0 Å². The van der Waals surface area contributed by atoms with Gasteiger partial charge in [0, 0.05) is 38.9 Å². The third kappa shape index (κ3) is 13.5. The number of aliphatic imine (C=N–C) groups is 1. The van der Waals surface area contributed by atoms with Crippen LogP contribution in [0.1, 0.15) is 86.5 Å². The zero-order valence-corrected chi connectivity index (χ0v) is 25.1. The summed E-state index contributed by atoms with van der Waals surface area (Å²) >= 11 is 0. The molecule has 2 N–H and O–H groups in total. The molecule has 0 aliphatic carbocycles. The Morgan fingerprint density at radius 1 is 1.10 bits per heavy atom. The molecule has 0 spiro atoms. The SMILES string of the molecule is CC.CC.CCC.CCC(=NC)C1=C(C)CNC1.C[CH-]c1cc2n(n1)CCNC2.[K+]. The number of rotatable bonds is 3. The minimum Gasteiger partial charge on any atom is -0.311 e. The third-order valence-electron chi connectivity index (χ3n) is 4.14. The average molecular weight is 446 g/mol. The van der Waals surface area contributed by atoms with Gasteiger partial charge < -0.3 is 10.6 Å². The van der Waals surface area contributed by atoms with E-state index in [0.717, 1.165) is 44.8 Å². The van der Waals surface area contributed by atoms with E-state index in [1.807, 2.05) is 48.1 Å². The van der Waals surface area contributed by atoms with Crippen LogP contribution in [0.15, 0.2) is 22.2 Å². The fourth-order valence-corrected chi connectivity index (χ4v) is 2.84. The van der Waals surface area contributed by atoms with E-state index in [4.69, 9.17) is 0 Å². The third-order valence-corrected chi connectivity index (χ3v) is 4.14. The maximum Gasteiger partial charge on any atom is 1.00 e. The van der Waals surface area contributed by atoms with Crippen molar-refractivity contribution in [3.05, 3.63) is 35.0 Å². The van der Waals surface area contributed by atoms with Gasteiger partial charge in [0.25, 0.3) is 0 Å². The molecule has 170 valence electrons. The number of nitrogens with zero attached hydrogens (tertiary/aromatic N) is 3. The van der Waals surface area contributed by atoms with Gasteiger partial charge in [-0.1, -0.05) is 66.2 Å². The molecule has 0 bridgehead atoms. The van der Waals surface area contributed by atoms with Gasteiger partial charge in [-0.15, -0.1) is 6.92 Å². The summed E-state index contributed by atoms with van der Waals surface area (Å²) in [4.78, 5) is 4.26. The van der Waals surface area contributed by atoms with Crippen LogP contribution < -0.4 is 62.0 Å². The Hall–Kier alpha value is 0.0464. The minimum atomic E-state index is 0. The van der Waals surface area contributed by atoms with Crippen molar-refractivity contribution >= 4 is 5.71 Å². The zero-order chi connectivity index (χ0) is 22.7. The van der Waals surface area contributed by atoms with Crippen molar-refractivity contribution in [2.24, 2.45) is 4.99 Å². The van der Waals surface area contributed by atoms with Crippen molar-refractivity contribution in [2.45, 2.75) is 88.2 Å². The predicted molar refractivity (Wildman–Crippen MR) is 131 cm³/mol. The number of hydrogen-bond donors (Lipinski definition) is 2. The molecule has 6 heteroatoms. The van der Waals surface area contributed by atoms with E-state index in [1.165, 1.54) is 29.0 Å². The van der Waals surface area contributed by atoms with E-state index in [0.29, 0.717) is 0 Å². The van der Waals surface area contributed by atoms with Gasteiger partial charge in [-0.05, 0) is 24.6 Å². The standard InChI is InChI=1S/C9H16N2.C8H12N3.C3H8.2C2H6.K/c1-4-9(10-3)8-6-11-5-7(8)2;1-2-7-5-8-6-9-3-4-11(8)10-7;1-3-2;2*1-2;/h11H,4-6H2,1-3H3;2,5,9H,3-4,6H2,1H3;3H2,1-2H3;2*1-2H3;/q;-1;;;;+1. The van der Waals surface area contributed by atoms with Crippen molar-refractivity contribution in [3.63, 3.8) is 0 Å². The molecular weight excluding hydrogens is 397 g/mol. The first-order chi connectivity index (χ1) is 14.1. The summed E-state index contributed by atoms with van der Waals surface area (Å²) < 4.78 is 2.08.